The lowest BCUT2D eigenvalue weighted by Crippen LogP contribution is -2.30. The zero-order chi connectivity index (χ0) is 14.6. The number of halogens is 1. The van der Waals surface area contributed by atoms with E-state index in [2.05, 4.69) is 0 Å². The van der Waals surface area contributed by atoms with Gasteiger partial charge in [-0.3, -0.25) is 0 Å². The van der Waals surface area contributed by atoms with Gasteiger partial charge in [-0.15, -0.1) is 0 Å². The molecule has 0 aliphatic heterocycles. The summed E-state index contributed by atoms with van der Waals surface area (Å²) in [5, 5.41) is 18.4. The predicted octanol–water partition coefficient (Wildman–Crippen LogP) is 1.60. The molecule has 19 heavy (non-hydrogen) atoms. The summed E-state index contributed by atoms with van der Waals surface area (Å²) in [6.07, 6.45) is -0.273. The van der Waals surface area contributed by atoms with Gasteiger partial charge in [0.05, 0.1) is 11.7 Å². The Morgan fingerprint density at radius 3 is 2.68 bits per heavy atom. The fraction of sp³-hybridized carbons (Fsp3) is 0.417. The molecule has 0 aromatic heterocycles. The van der Waals surface area contributed by atoms with Crippen LogP contribution in [-0.4, -0.2) is 37.5 Å². The number of aliphatic hydroxyl groups excluding tert-OH is 1. The molecule has 0 fully saturated rings. The number of nitriles is 1. The average Bonchev–Trinajstić information content (AvgIpc) is 2.35. The Labute approximate surface area is 118 Å². The van der Waals surface area contributed by atoms with E-state index in [0.717, 1.165) is 4.31 Å². The molecular weight excluding hydrogens is 288 g/mol. The predicted molar refractivity (Wildman–Crippen MR) is 72.3 cm³/mol. The van der Waals surface area contributed by atoms with Gasteiger partial charge in [0, 0.05) is 18.6 Å². The van der Waals surface area contributed by atoms with E-state index in [0.29, 0.717) is 6.42 Å². The molecule has 1 aromatic rings. The first-order valence-electron chi connectivity index (χ1n) is 5.63. The van der Waals surface area contributed by atoms with Crippen LogP contribution in [0.2, 0.25) is 5.02 Å². The van der Waals surface area contributed by atoms with Gasteiger partial charge in [-0.05, 0) is 31.5 Å². The van der Waals surface area contributed by atoms with Gasteiger partial charge >= 0.3 is 0 Å². The number of nitrogens with zero attached hydrogens (tertiary/aromatic N) is 2. The van der Waals surface area contributed by atoms with Crippen molar-refractivity contribution in [1.82, 2.24) is 4.31 Å². The van der Waals surface area contributed by atoms with Gasteiger partial charge in [-0.1, -0.05) is 11.6 Å². The highest BCUT2D eigenvalue weighted by Crippen LogP contribution is 2.23. The number of rotatable bonds is 5. The average molecular weight is 303 g/mol. The Hall–Kier alpha value is -1.13. The van der Waals surface area contributed by atoms with E-state index in [4.69, 9.17) is 16.9 Å². The van der Waals surface area contributed by atoms with Crippen LogP contribution >= 0.6 is 11.6 Å². The lowest BCUT2D eigenvalue weighted by Gasteiger charge is -2.18. The van der Waals surface area contributed by atoms with Crippen molar-refractivity contribution >= 4 is 21.6 Å². The maximum absolute atomic E-state index is 12.3. The topological polar surface area (TPSA) is 81.4 Å². The summed E-state index contributed by atoms with van der Waals surface area (Å²) >= 11 is 5.78. The van der Waals surface area contributed by atoms with Crippen LogP contribution in [0, 0.1) is 11.3 Å². The minimum atomic E-state index is -3.78. The van der Waals surface area contributed by atoms with E-state index < -0.39 is 16.1 Å². The molecule has 7 heteroatoms. The van der Waals surface area contributed by atoms with Crippen LogP contribution in [0.1, 0.15) is 18.9 Å². The maximum atomic E-state index is 12.3. The van der Waals surface area contributed by atoms with Gasteiger partial charge in [0.25, 0.3) is 0 Å². The molecule has 5 nitrogen and oxygen atoms in total. The van der Waals surface area contributed by atoms with Gasteiger partial charge in [0.15, 0.2) is 0 Å². The van der Waals surface area contributed by atoms with E-state index >= 15 is 0 Å². The molecule has 0 saturated heterocycles. The highest BCUT2D eigenvalue weighted by Gasteiger charge is 2.24. The summed E-state index contributed by atoms with van der Waals surface area (Å²) in [6.45, 7) is 1.75. The monoisotopic (exact) mass is 302 g/mol. The number of hydrogen-bond acceptors (Lipinski definition) is 4. The normalized spacial score (nSPS) is 13.3. The molecule has 0 aliphatic rings. The third-order valence-electron chi connectivity index (χ3n) is 2.61. The van der Waals surface area contributed by atoms with Crippen molar-refractivity contribution < 1.29 is 13.5 Å². The van der Waals surface area contributed by atoms with Crippen molar-refractivity contribution in [2.45, 2.75) is 24.3 Å². The fourth-order valence-electron chi connectivity index (χ4n) is 1.46. The Morgan fingerprint density at radius 1 is 1.53 bits per heavy atom. The molecule has 1 N–H and O–H groups in total. The lowest BCUT2D eigenvalue weighted by atomic mass is 10.2. The molecule has 0 aliphatic carbocycles. The van der Waals surface area contributed by atoms with Crippen LogP contribution in [0.15, 0.2) is 23.1 Å². The zero-order valence-electron chi connectivity index (χ0n) is 10.7. The first-order chi connectivity index (χ1) is 8.78. The van der Waals surface area contributed by atoms with Crippen molar-refractivity contribution in [1.29, 1.82) is 5.26 Å². The second kappa shape index (κ2) is 6.35. The van der Waals surface area contributed by atoms with Crippen LogP contribution in [0.3, 0.4) is 0 Å². The summed E-state index contributed by atoms with van der Waals surface area (Å²) in [7, 11) is -2.38. The second-order valence-corrected chi connectivity index (χ2v) is 6.67. The fourth-order valence-corrected chi connectivity index (χ4v) is 3.04. The first kappa shape index (κ1) is 15.9. The molecule has 0 spiro atoms. The van der Waals surface area contributed by atoms with E-state index in [1.165, 1.54) is 25.2 Å². The van der Waals surface area contributed by atoms with Crippen LogP contribution < -0.4 is 0 Å². The highest BCUT2D eigenvalue weighted by atomic mass is 35.5. The maximum Gasteiger partial charge on any atom is 0.244 e. The SMILES string of the molecule is CC(O)CCN(C)S(=O)(=O)c1cc(Cl)ccc1C#N. The molecule has 0 amide bonds. The summed E-state index contributed by atoms with van der Waals surface area (Å²) in [5.74, 6) is 0. The van der Waals surface area contributed by atoms with Gasteiger partial charge in [0.2, 0.25) is 10.0 Å². The molecule has 1 atom stereocenters. The van der Waals surface area contributed by atoms with Crippen molar-refractivity contribution in [3.8, 4) is 6.07 Å². The van der Waals surface area contributed by atoms with Gasteiger partial charge < -0.3 is 5.11 Å². The van der Waals surface area contributed by atoms with Crippen LogP contribution in [-0.2, 0) is 10.0 Å². The summed E-state index contributed by atoms with van der Waals surface area (Å²) < 4.78 is 25.7. The quantitative estimate of drug-likeness (QED) is 0.896. The van der Waals surface area contributed by atoms with Crippen LogP contribution in [0.5, 0.6) is 0 Å². The molecule has 0 radical (unpaired) electrons. The first-order valence-corrected chi connectivity index (χ1v) is 7.45. The molecule has 1 rings (SSSR count). The minimum absolute atomic E-state index is 0.0493. The number of sulfonamides is 1. The third-order valence-corrected chi connectivity index (χ3v) is 4.75. The third kappa shape index (κ3) is 3.91. The summed E-state index contributed by atoms with van der Waals surface area (Å²) in [4.78, 5) is -0.115. The summed E-state index contributed by atoms with van der Waals surface area (Å²) in [5.41, 5.74) is 0.0493. The minimum Gasteiger partial charge on any atom is -0.393 e. The molecule has 1 aromatic carbocycles. The molecule has 104 valence electrons. The molecular formula is C12H15ClN2O3S. The van der Waals surface area contributed by atoms with E-state index in [-0.39, 0.29) is 22.0 Å². The summed E-state index contributed by atoms with van der Waals surface area (Å²) in [6, 6.07) is 5.93. The van der Waals surface area contributed by atoms with E-state index in [1.807, 2.05) is 6.07 Å². The van der Waals surface area contributed by atoms with Crippen LogP contribution in [0.25, 0.3) is 0 Å². The lowest BCUT2D eigenvalue weighted by molar-refractivity contribution is 0.177. The zero-order valence-corrected chi connectivity index (χ0v) is 12.2. The molecule has 0 bridgehead atoms. The van der Waals surface area contributed by atoms with E-state index in [9.17, 15) is 13.5 Å². The number of hydrogen-bond donors (Lipinski definition) is 1. The number of benzene rings is 1. The van der Waals surface area contributed by atoms with Gasteiger partial charge in [0.1, 0.15) is 11.0 Å². The smallest absolute Gasteiger partial charge is 0.244 e. The second-order valence-electron chi connectivity index (χ2n) is 4.22. The molecule has 0 heterocycles. The van der Waals surface area contributed by atoms with Crippen molar-refractivity contribution in [3.05, 3.63) is 28.8 Å². The van der Waals surface area contributed by atoms with Crippen molar-refractivity contribution in [2.24, 2.45) is 0 Å². The van der Waals surface area contributed by atoms with Crippen molar-refractivity contribution in [2.75, 3.05) is 13.6 Å². The highest BCUT2D eigenvalue weighted by molar-refractivity contribution is 7.89. The Bertz CT molecular complexity index is 593. The van der Waals surface area contributed by atoms with Gasteiger partial charge in [-0.2, -0.15) is 5.26 Å². The van der Waals surface area contributed by atoms with Gasteiger partial charge in [-0.25, -0.2) is 12.7 Å². The number of aliphatic hydroxyl groups is 1. The Balaban J connectivity index is 3.13. The standard InChI is InChI=1S/C12H15ClN2O3S/c1-9(16)5-6-15(2)19(17,18)12-7-11(13)4-3-10(12)8-14/h3-4,7,9,16H,5-6H2,1-2H3. The molecule has 1 unspecified atom stereocenters. The molecule has 0 saturated carbocycles. The Kier molecular flexibility index (Phi) is 5.32. The van der Waals surface area contributed by atoms with Crippen LogP contribution in [0.4, 0.5) is 0 Å². The Morgan fingerprint density at radius 2 is 2.16 bits per heavy atom. The largest absolute Gasteiger partial charge is 0.393 e. The van der Waals surface area contributed by atoms with E-state index in [1.54, 1.807) is 6.92 Å². The van der Waals surface area contributed by atoms with Crippen molar-refractivity contribution in [3.63, 3.8) is 0 Å².